The lowest BCUT2D eigenvalue weighted by Crippen LogP contribution is -2.38. The van der Waals surface area contributed by atoms with E-state index in [1.165, 1.54) is 17.0 Å². The van der Waals surface area contributed by atoms with Gasteiger partial charge in [-0.2, -0.15) is 0 Å². The predicted molar refractivity (Wildman–Crippen MR) is 114 cm³/mol. The number of aliphatic imine (C=N–C) groups is 1. The van der Waals surface area contributed by atoms with E-state index in [-0.39, 0.29) is 29.8 Å². The van der Waals surface area contributed by atoms with Crippen LogP contribution in [0.3, 0.4) is 0 Å². The van der Waals surface area contributed by atoms with Crippen molar-refractivity contribution >= 4 is 41.3 Å². The first kappa shape index (κ1) is 21.8. The van der Waals surface area contributed by atoms with Crippen molar-refractivity contribution < 1.29 is 4.39 Å². The second-order valence-electron chi connectivity index (χ2n) is 5.54. The van der Waals surface area contributed by atoms with Crippen LogP contribution in [0.25, 0.3) is 0 Å². The maximum Gasteiger partial charge on any atom is 0.193 e. The van der Waals surface area contributed by atoms with E-state index in [1.807, 2.05) is 13.2 Å². The highest BCUT2D eigenvalue weighted by atomic mass is 127. The number of nitrogens with one attached hydrogen (secondary N) is 1. The summed E-state index contributed by atoms with van der Waals surface area (Å²) >= 11 is 1.76. The van der Waals surface area contributed by atoms with Gasteiger partial charge in [-0.1, -0.05) is 19.1 Å². The van der Waals surface area contributed by atoms with Crippen LogP contribution in [0, 0.1) is 5.82 Å². The zero-order chi connectivity index (χ0) is 17.4. The van der Waals surface area contributed by atoms with Gasteiger partial charge in [-0.05, 0) is 31.0 Å². The SMILES string of the molecule is CCNC(=NCCc1ncc(CC)s1)N(C)Cc1ccc(F)cc1.I. The summed E-state index contributed by atoms with van der Waals surface area (Å²) in [5.41, 5.74) is 1.05. The molecule has 138 valence electrons. The summed E-state index contributed by atoms with van der Waals surface area (Å²) in [7, 11) is 1.99. The number of aryl methyl sites for hydroxylation is 1. The topological polar surface area (TPSA) is 40.5 Å². The van der Waals surface area contributed by atoms with E-state index >= 15 is 0 Å². The highest BCUT2D eigenvalue weighted by Gasteiger charge is 2.07. The van der Waals surface area contributed by atoms with Gasteiger partial charge in [-0.25, -0.2) is 9.37 Å². The van der Waals surface area contributed by atoms with Crippen molar-refractivity contribution in [3.05, 3.63) is 51.7 Å². The number of benzene rings is 1. The quantitative estimate of drug-likeness (QED) is 0.372. The third-order valence-electron chi connectivity index (χ3n) is 3.57. The van der Waals surface area contributed by atoms with Gasteiger partial charge in [-0.3, -0.25) is 4.99 Å². The smallest absolute Gasteiger partial charge is 0.193 e. The largest absolute Gasteiger partial charge is 0.357 e. The zero-order valence-electron chi connectivity index (χ0n) is 15.0. The molecule has 7 heteroatoms. The van der Waals surface area contributed by atoms with Crippen LogP contribution in [0.15, 0.2) is 35.5 Å². The molecule has 2 rings (SSSR count). The molecule has 1 aromatic carbocycles. The molecule has 0 spiro atoms. The van der Waals surface area contributed by atoms with Gasteiger partial charge in [0.05, 0.1) is 5.01 Å². The summed E-state index contributed by atoms with van der Waals surface area (Å²) in [6, 6.07) is 6.58. The first-order valence-electron chi connectivity index (χ1n) is 8.29. The van der Waals surface area contributed by atoms with Crippen molar-refractivity contribution in [2.24, 2.45) is 4.99 Å². The Morgan fingerprint density at radius 3 is 2.60 bits per heavy atom. The lowest BCUT2D eigenvalue weighted by atomic mass is 10.2. The molecule has 0 aliphatic carbocycles. The molecule has 0 radical (unpaired) electrons. The molecule has 1 N–H and O–H groups in total. The molecule has 0 atom stereocenters. The van der Waals surface area contributed by atoms with Gasteiger partial charge in [0.1, 0.15) is 5.82 Å². The normalized spacial score (nSPS) is 11.1. The van der Waals surface area contributed by atoms with Crippen LogP contribution >= 0.6 is 35.3 Å². The van der Waals surface area contributed by atoms with E-state index in [9.17, 15) is 4.39 Å². The molecule has 0 saturated carbocycles. The second-order valence-corrected chi connectivity index (χ2v) is 6.74. The number of halogens is 2. The van der Waals surface area contributed by atoms with Gasteiger partial charge in [0, 0.05) is 44.2 Å². The minimum absolute atomic E-state index is 0. The Bertz CT molecular complexity index is 657. The van der Waals surface area contributed by atoms with Crippen LogP contribution in [0.2, 0.25) is 0 Å². The summed E-state index contributed by atoms with van der Waals surface area (Å²) < 4.78 is 13.0. The third kappa shape index (κ3) is 7.27. The standard InChI is InChI=1S/C18H25FN4S.HI/c1-4-16-12-22-17(24-16)10-11-21-18(20-5-2)23(3)13-14-6-8-15(19)9-7-14;/h6-9,12H,4-5,10-11,13H2,1-3H3,(H,20,21);1H. The number of rotatable bonds is 7. The summed E-state index contributed by atoms with van der Waals surface area (Å²) in [5, 5.41) is 4.43. The van der Waals surface area contributed by atoms with Crippen molar-refractivity contribution in [1.82, 2.24) is 15.2 Å². The van der Waals surface area contributed by atoms with Crippen LogP contribution in [-0.4, -0.2) is 36.0 Å². The monoisotopic (exact) mass is 476 g/mol. The van der Waals surface area contributed by atoms with Crippen LogP contribution in [0.1, 0.15) is 29.3 Å². The van der Waals surface area contributed by atoms with Crippen LogP contribution in [0.5, 0.6) is 0 Å². The highest BCUT2D eigenvalue weighted by molar-refractivity contribution is 14.0. The van der Waals surface area contributed by atoms with Crippen molar-refractivity contribution in [2.45, 2.75) is 33.2 Å². The fraction of sp³-hybridized carbons (Fsp3) is 0.444. The van der Waals surface area contributed by atoms with E-state index in [0.29, 0.717) is 13.1 Å². The second kappa shape index (κ2) is 11.4. The number of guanidine groups is 1. The summed E-state index contributed by atoms with van der Waals surface area (Å²) in [4.78, 5) is 12.5. The third-order valence-corrected chi connectivity index (χ3v) is 4.77. The molecular weight excluding hydrogens is 450 g/mol. The minimum Gasteiger partial charge on any atom is -0.357 e. The Balaban J connectivity index is 0.00000312. The van der Waals surface area contributed by atoms with Gasteiger partial charge < -0.3 is 10.2 Å². The average Bonchev–Trinajstić information content (AvgIpc) is 3.04. The lowest BCUT2D eigenvalue weighted by Gasteiger charge is -2.22. The molecular formula is C18H26FIN4S. The van der Waals surface area contributed by atoms with Crippen molar-refractivity contribution in [2.75, 3.05) is 20.1 Å². The fourth-order valence-corrected chi connectivity index (χ4v) is 3.14. The molecule has 4 nitrogen and oxygen atoms in total. The van der Waals surface area contributed by atoms with Gasteiger partial charge in [0.2, 0.25) is 0 Å². The first-order valence-corrected chi connectivity index (χ1v) is 9.11. The van der Waals surface area contributed by atoms with Crippen molar-refractivity contribution in [3.63, 3.8) is 0 Å². The molecule has 0 amide bonds. The van der Waals surface area contributed by atoms with Crippen molar-refractivity contribution in [3.8, 4) is 0 Å². The van der Waals surface area contributed by atoms with Gasteiger partial charge in [0.15, 0.2) is 5.96 Å². The average molecular weight is 476 g/mol. The number of aromatic nitrogens is 1. The van der Waals surface area contributed by atoms with Crippen molar-refractivity contribution in [1.29, 1.82) is 0 Å². The Kier molecular flexibility index (Phi) is 9.96. The van der Waals surface area contributed by atoms with Crippen LogP contribution in [-0.2, 0) is 19.4 Å². The maximum atomic E-state index is 13.0. The summed E-state index contributed by atoms with van der Waals surface area (Å²) in [5.74, 6) is 0.644. The summed E-state index contributed by atoms with van der Waals surface area (Å²) in [6.45, 7) is 6.39. The molecule has 0 aliphatic rings. The molecule has 0 bridgehead atoms. The molecule has 1 heterocycles. The molecule has 25 heavy (non-hydrogen) atoms. The lowest BCUT2D eigenvalue weighted by molar-refractivity contribution is 0.476. The summed E-state index contributed by atoms with van der Waals surface area (Å²) in [6.07, 6.45) is 3.84. The van der Waals surface area contributed by atoms with Gasteiger partial charge in [-0.15, -0.1) is 35.3 Å². The number of nitrogens with zero attached hydrogens (tertiary/aromatic N) is 3. The van der Waals surface area contributed by atoms with Gasteiger partial charge >= 0.3 is 0 Å². The molecule has 2 aromatic rings. The first-order chi connectivity index (χ1) is 11.6. The maximum absolute atomic E-state index is 13.0. The van der Waals surface area contributed by atoms with E-state index in [2.05, 4.69) is 34.0 Å². The van der Waals surface area contributed by atoms with Crippen LogP contribution in [0.4, 0.5) is 4.39 Å². The molecule has 0 saturated heterocycles. The minimum atomic E-state index is -0.211. The Morgan fingerprint density at radius 1 is 1.28 bits per heavy atom. The number of thiazole rings is 1. The number of hydrogen-bond donors (Lipinski definition) is 1. The van der Waals surface area contributed by atoms with E-state index in [4.69, 9.17) is 0 Å². The highest BCUT2D eigenvalue weighted by Crippen LogP contribution is 2.13. The molecule has 0 unspecified atom stereocenters. The Hall–Kier alpha value is -1.22. The van der Waals surface area contributed by atoms with E-state index in [0.717, 1.165) is 35.9 Å². The fourth-order valence-electron chi connectivity index (χ4n) is 2.29. The predicted octanol–water partition coefficient (Wildman–Crippen LogP) is 4.10. The Labute approximate surface area is 170 Å². The Morgan fingerprint density at radius 2 is 2.00 bits per heavy atom. The molecule has 1 aromatic heterocycles. The van der Waals surface area contributed by atoms with Gasteiger partial charge in [0.25, 0.3) is 0 Å². The molecule has 0 aliphatic heterocycles. The molecule has 0 fully saturated rings. The van der Waals surface area contributed by atoms with E-state index in [1.54, 1.807) is 23.5 Å². The van der Waals surface area contributed by atoms with Crippen LogP contribution < -0.4 is 5.32 Å². The number of hydrogen-bond acceptors (Lipinski definition) is 3. The zero-order valence-corrected chi connectivity index (χ0v) is 18.1. The van der Waals surface area contributed by atoms with E-state index < -0.39 is 0 Å².